The number of hydrogen-bond acceptors (Lipinski definition) is 5. The predicted octanol–water partition coefficient (Wildman–Crippen LogP) is 3.02. The van der Waals surface area contributed by atoms with Crippen LogP contribution in [0.15, 0.2) is 24.3 Å². The molecular formula is C15H16FN3O2S. The van der Waals surface area contributed by atoms with Gasteiger partial charge in [-0.1, -0.05) is 23.5 Å². The first-order valence-electron chi connectivity index (χ1n) is 6.94. The normalized spacial score (nSPS) is 14.5. The molecule has 0 aliphatic carbocycles. The minimum atomic E-state index is -0.511. The highest BCUT2D eigenvalue weighted by Crippen LogP contribution is 2.29. The Morgan fingerprint density at radius 3 is 3.18 bits per heavy atom. The van der Waals surface area contributed by atoms with Crippen LogP contribution in [-0.2, 0) is 24.2 Å². The molecule has 0 bridgehead atoms. The van der Waals surface area contributed by atoms with E-state index in [4.69, 9.17) is 0 Å². The number of halogens is 1. The molecule has 0 saturated heterocycles. The first kappa shape index (κ1) is 14.9. The van der Waals surface area contributed by atoms with Crippen LogP contribution >= 0.6 is 11.3 Å². The van der Waals surface area contributed by atoms with Crippen molar-refractivity contribution in [2.45, 2.75) is 19.5 Å². The minimum absolute atomic E-state index is 0.211. The second-order valence-corrected chi connectivity index (χ2v) is 6.18. The van der Waals surface area contributed by atoms with E-state index in [2.05, 4.69) is 19.9 Å². The number of amides is 1. The summed E-state index contributed by atoms with van der Waals surface area (Å²) in [7, 11) is 1.32. The third-order valence-corrected chi connectivity index (χ3v) is 4.50. The largest absolute Gasteiger partial charge is 0.453 e. The van der Waals surface area contributed by atoms with Gasteiger partial charge in [-0.05, 0) is 17.7 Å². The molecule has 7 heteroatoms. The van der Waals surface area contributed by atoms with Gasteiger partial charge in [0.15, 0.2) is 5.13 Å². The number of aromatic nitrogens is 1. The number of ether oxygens (including phenoxy) is 1. The molecule has 1 N–H and O–H groups in total. The Morgan fingerprint density at radius 1 is 1.55 bits per heavy atom. The van der Waals surface area contributed by atoms with E-state index < -0.39 is 6.09 Å². The van der Waals surface area contributed by atoms with Crippen molar-refractivity contribution in [3.05, 3.63) is 46.2 Å². The van der Waals surface area contributed by atoms with Crippen LogP contribution in [0.5, 0.6) is 0 Å². The molecule has 0 atom stereocenters. The van der Waals surface area contributed by atoms with Gasteiger partial charge in [0, 0.05) is 30.9 Å². The highest BCUT2D eigenvalue weighted by atomic mass is 32.1. The molecule has 116 valence electrons. The summed E-state index contributed by atoms with van der Waals surface area (Å²) < 4.78 is 17.8. The Balaban J connectivity index is 1.67. The third-order valence-electron chi connectivity index (χ3n) is 3.50. The molecule has 1 amide bonds. The maximum Gasteiger partial charge on any atom is 0.413 e. The van der Waals surface area contributed by atoms with E-state index >= 15 is 0 Å². The standard InChI is InChI=1S/C15H16FN3O2S/c1-21-15(20)18-14-17-12-5-6-19(9-13(12)22-14)8-10-3-2-4-11(16)7-10/h2-4,7H,5-6,8-9H2,1H3,(H,17,18,20). The number of thiazole rings is 1. The zero-order valence-electron chi connectivity index (χ0n) is 12.1. The smallest absolute Gasteiger partial charge is 0.413 e. The number of anilines is 1. The van der Waals surface area contributed by atoms with Gasteiger partial charge in [-0.15, -0.1) is 0 Å². The van der Waals surface area contributed by atoms with Crippen LogP contribution < -0.4 is 5.32 Å². The first-order chi connectivity index (χ1) is 10.6. The van der Waals surface area contributed by atoms with Crippen LogP contribution in [0, 0.1) is 5.82 Å². The maximum atomic E-state index is 13.2. The molecule has 5 nitrogen and oxygen atoms in total. The van der Waals surface area contributed by atoms with Crippen molar-refractivity contribution in [1.29, 1.82) is 0 Å². The lowest BCUT2D eigenvalue weighted by Crippen LogP contribution is -2.29. The molecule has 2 aromatic rings. The van der Waals surface area contributed by atoms with Crippen molar-refractivity contribution in [3.8, 4) is 0 Å². The predicted molar refractivity (Wildman–Crippen MR) is 82.4 cm³/mol. The molecule has 1 aliphatic rings. The lowest BCUT2D eigenvalue weighted by Gasteiger charge is -2.25. The van der Waals surface area contributed by atoms with Gasteiger partial charge in [0.1, 0.15) is 5.82 Å². The summed E-state index contributed by atoms with van der Waals surface area (Å²) in [5.41, 5.74) is 1.98. The van der Waals surface area contributed by atoms with Crippen molar-refractivity contribution in [2.75, 3.05) is 19.0 Å². The quantitative estimate of drug-likeness (QED) is 0.944. The van der Waals surface area contributed by atoms with E-state index in [0.29, 0.717) is 11.7 Å². The molecule has 1 aliphatic heterocycles. The molecule has 0 saturated carbocycles. The second kappa shape index (κ2) is 6.41. The fourth-order valence-corrected chi connectivity index (χ4v) is 3.50. The summed E-state index contributed by atoms with van der Waals surface area (Å²) in [6.45, 7) is 2.33. The summed E-state index contributed by atoms with van der Waals surface area (Å²) in [5, 5.41) is 3.16. The van der Waals surface area contributed by atoms with Crippen LogP contribution in [0.4, 0.5) is 14.3 Å². The number of rotatable bonds is 3. The van der Waals surface area contributed by atoms with Crippen LogP contribution in [0.1, 0.15) is 16.1 Å². The van der Waals surface area contributed by atoms with Gasteiger partial charge in [-0.3, -0.25) is 10.2 Å². The van der Waals surface area contributed by atoms with E-state index in [1.165, 1.54) is 24.5 Å². The Labute approximate surface area is 131 Å². The molecule has 1 aromatic heterocycles. The van der Waals surface area contributed by atoms with Gasteiger partial charge < -0.3 is 4.74 Å². The average Bonchev–Trinajstić information content (AvgIpc) is 2.88. The Morgan fingerprint density at radius 2 is 2.41 bits per heavy atom. The zero-order chi connectivity index (χ0) is 15.5. The van der Waals surface area contributed by atoms with Crippen molar-refractivity contribution >= 4 is 22.6 Å². The van der Waals surface area contributed by atoms with E-state index in [1.807, 2.05) is 6.07 Å². The SMILES string of the molecule is COC(=O)Nc1nc2c(s1)CN(Cc1cccc(F)c1)CC2. The number of hydrogen-bond donors (Lipinski definition) is 1. The number of benzene rings is 1. The summed E-state index contributed by atoms with van der Waals surface area (Å²) in [4.78, 5) is 19.0. The molecule has 1 aromatic carbocycles. The number of carbonyl (C=O) groups is 1. The van der Waals surface area contributed by atoms with Crippen molar-refractivity contribution < 1.29 is 13.9 Å². The molecule has 3 rings (SSSR count). The maximum absolute atomic E-state index is 13.2. The molecule has 0 spiro atoms. The zero-order valence-corrected chi connectivity index (χ0v) is 13.0. The number of nitrogens with zero attached hydrogens (tertiary/aromatic N) is 2. The van der Waals surface area contributed by atoms with Gasteiger partial charge in [0.05, 0.1) is 12.8 Å². The number of nitrogens with one attached hydrogen (secondary N) is 1. The van der Waals surface area contributed by atoms with Crippen molar-refractivity contribution in [1.82, 2.24) is 9.88 Å². The van der Waals surface area contributed by atoms with Crippen LogP contribution in [0.3, 0.4) is 0 Å². The molecular weight excluding hydrogens is 305 g/mol. The molecule has 2 heterocycles. The molecule has 22 heavy (non-hydrogen) atoms. The highest BCUT2D eigenvalue weighted by molar-refractivity contribution is 7.15. The first-order valence-corrected chi connectivity index (χ1v) is 7.76. The average molecular weight is 321 g/mol. The van der Waals surface area contributed by atoms with E-state index in [1.54, 1.807) is 12.1 Å². The summed E-state index contributed by atoms with van der Waals surface area (Å²) >= 11 is 1.46. The lowest BCUT2D eigenvalue weighted by molar-refractivity contribution is 0.187. The van der Waals surface area contributed by atoms with Gasteiger partial charge >= 0.3 is 6.09 Å². The summed E-state index contributed by atoms with van der Waals surface area (Å²) in [6, 6.07) is 6.67. The number of carbonyl (C=O) groups excluding carboxylic acids is 1. The van der Waals surface area contributed by atoms with Crippen molar-refractivity contribution in [3.63, 3.8) is 0 Å². The van der Waals surface area contributed by atoms with Gasteiger partial charge in [-0.25, -0.2) is 14.2 Å². The monoisotopic (exact) mass is 321 g/mol. The fourth-order valence-electron chi connectivity index (χ4n) is 2.47. The van der Waals surface area contributed by atoms with Gasteiger partial charge in [-0.2, -0.15) is 0 Å². The second-order valence-electron chi connectivity index (χ2n) is 5.10. The molecule has 0 radical (unpaired) electrons. The summed E-state index contributed by atoms with van der Waals surface area (Å²) in [5.74, 6) is -0.211. The van der Waals surface area contributed by atoms with E-state index in [9.17, 15) is 9.18 Å². The topological polar surface area (TPSA) is 54.5 Å². The lowest BCUT2D eigenvalue weighted by atomic mass is 10.1. The fraction of sp³-hybridized carbons (Fsp3) is 0.333. The highest BCUT2D eigenvalue weighted by Gasteiger charge is 2.21. The Kier molecular flexibility index (Phi) is 4.35. The van der Waals surface area contributed by atoms with Crippen LogP contribution in [0.2, 0.25) is 0 Å². The Bertz CT molecular complexity index is 689. The van der Waals surface area contributed by atoms with E-state index in [0.717, 1.165) is 35.6 Å². The third kappa shape index (κ3) is 3.42. The number of methoxy groups -OCH3 is 1. The van der Waals surface area contributed by atoms with Crippen LogP contribution in [0.25, 0.3) is 0 Å². The van der Waals surface area contributed by atoms with Gasteiger partial charge in [0.2, 0.25) is 0 Å². The molecule has 0 fully saturated rings. The molecule has 0 unspecified atom stereocenters. The van der Waals surface area contributed by atoms with Crippen LogP contribution in [-0.4, -0.2) is 29.6 Å². The minimum Gasteiger partial charge on any atom is -0.453 e. The van der Waals surface area contributed by atoms with Crippen molar-refractivity contribution in [2.24, 2.45) is 0 Å². The Hall–Kier alpha value is -1.99. The summed E-state index contributed by atoms with van der Waals surface area (Å²) in [6.07, 6.45) is 0.312. The van der Waals surface area contributed by atoms with Gasteiger partial charge in [0.25, 0.3) is 0 Å². The number of fused-ring (bicyclic) bond motifs is 1. The van der Waals surface area contributed by atoms with E-state index in [-0.39, 0.29) is 5.82 Å².